The van der Waals surface area contributed by atoms with Crippen LogP contribution in [-0.2, 0) is 14.3 Å². The molecule has 2 saturated heterocycles. The number of rotatable bonds is 3. The molecular formula is C23H26N2O3S. The third-order valence-electron chi connectivity index (χ3n) is 6.32. The van der Waals surface area contributed by atoms with Crippen LogP contribution >= 0.6 is 11.8 Å². The zero-order chi connectivity index (χ0) is 19.8. The van der Waals surface area contributed by atoms with Crippen molar-refractivity contribution in [1.29, 1.82) is 0 Å². The van der Waals surface area contributed by atoms with Crippen molar-refractivity contribution in [1.82, 2.24) is 4.90 Å². The van der Waals surface area contributed by atoms with Crippen molar-refractivity contribution in [2.24, 2.45) is 0 Å². The van der Waals surface area contributed by atoms with Gasteiger partial charge in [-0.3, -0.25) is 14.6 Å². The van der Waals surface area contributed by atoms with Crippen LogP contribution < -0.4 is 4.90 Å². The van der Waals surface area contributed by atoms with E-state index in [2.05, 4.69) is 17.0 Å². The molecule has 29 heavy (non-hydrogen) atoms. The Morgan fingerprint density at radius 1 is 1.14 bits per heavy atom. The summed E-state index contributed by atoms with van der Waals surface area (Å²) in [5.74, 6) is 0.100. The lowest BCUT2D eigenvalue weighted by molar-refractivity contribution is -0.145. The molecule has 5 nitrogen and oxygen atoms in total. The maximum Gasteiger partial charge on any atom is 0.245 e. The van der Waals surface area contributed by atoms with Gasteiger partial charge >= 0.3 is 0 Å². The number of amides is 1. The molecule has 5 rings (SSSR count). The van der Waals surface area contributed by atoms with Crippen LogP contribution in [0.1, 0.15) is 19.3 Å². The topological polar surface area (TPSA) is 42.0 Å². The lowest BCUT2D eigenvalue weighted by Gasteiger charge is -2.44. The highest BCUT2D eigenvalue weighted by atomic mass is 32.2. The molecule has 0 unspecified atom stereocenters. The maximum absolute atomic E-state index is 13.5. The fraction of sp³-hybridized carbons (Fsp3) is 0.435. The van der Waals surface area contributed by atoms with Crippen LogP contribution in [0, 0.1) is 0 Å². The fourth-order valence-corrected chi connectivity index (χ4v) is 5.90. The highest BCUT2D eigenvalue weighted by molar-refractivity contribution is 7.99. The maximum atomic E-state index is 13.5. The van der Waals surface area contributed by atoms with Crippen LogP contribution in [-0.4, -0.2) is 55.9 Å². The molecule has 0 N–H and O–H groups in total. The Bertz CT molecular complexity index is 867. The minimum atomic E-state index is -0.157. The summed E-state index contributed by atoms with van der Waals surface area (Å²) in [5, 5.41) is 0. The largest absolute Gasteiger partial charge is 0.377 e. The number of fused-ring (bicyclic) bond motifs is 2. The Morgan fingerprint density at radius 2 is 1.83 bits per heavy atom. The highest BCUT2D eigenvalue weighted by Crippen LogP contribution is 2.48. The predicted molar refractivity (Wildman–Crippen MR) is 114 cm³/mol. The summed E-state index contributed by atoms with van der Waals surface area (Å²) in [6.45, 7) is 2.78. The first-order valence-corrected chi connectivity index (χ1v) is 11.1. The highest BCUT2D eigenvalue weighted by Gasteiger charge is 2.47. The second-order valence-electron chi connectivity index (χ2n) is 7.99. The van der Waals surface area contributed by atoms with E-state index >= 15 is 0 Å². The van der Waals surface area contributed by atoms with E-state index in [9.17, 15) is 4.79 Å². The van der Waals surface area contributed by atoms with Gasteiger partial charge in [0.05, 0.1) is 29.6 Å². The number of ether oxygens (including phenoxy) is 2. The van der Waals surface area contributed by atoms with Crippen molar-refractivity contribution in [3.05, 3.63) is 48.5 Å². The quantitative estimate of drug-likeness (QED) is 0.763. The smallest absolute Gasteiger partial charge is 0.245 e. The lowest BCUT2D eigenvalue weighted by Crippen LogP contribution is -2.57. The summed E-state index contributed by atoms with van der Waals surface area (Å²) in [6, 6.07) is 16.3. The van der Waals surface area contributed by atoms with E-state index in [4.69, 9.17) is 9.47 Å². The van der Waals surface area contributed by atoms with Gasteiger partial charge in [0.1, 0.15) is 0 Å². The number of hydrogen-bond acceptors (Lipinski definition) is 5. The fourth-order valence-electron chi connectivity index (χ4n) is 4.84. The van der Waals surface area contributed by atoms with Crippen molar-refractivity contribution in [3.8, 4) is 0 Å². The van der Waals surface area contributed by atoms with Gasteiger partial charge in [-0.2, -0.15) is 0 Å². The molecule has 0 aliphatic carbocycles. The van der Waals surface area contributed by atoms with Gasteiger partial charge in [-0.25, -0.2) is 0 Å². The van der Waals surface area contributed by atoms with E-state index in [-0.39, 0.29) is 17.6 Å². The van der Waals surface area contributed by atoms with E-state index in [0.717, 1.165) is 60.1 Å². The third-order valence-corrected chi connectivity index (χ3v) is 7.45. The van der Waals surface area contributed by atoms with Crippen LogP contribution in [0.5, 0.6) is 0 Å². The molecule has 3 heterocycles. The zero-order valence-electron chi connectivity index (χ0n) is 16.7. The van der Waals surface area contributed by atoms with Crippen molar-refractivity contribution < 1.29 is 14.3 Å². The van der Waals surface area contributed by atoms with Gasteiger partial charge in [-0.1, -0.05) is 36.0 Å². The van der Waals surface area contributed by atoms with Gasteiger partial charge in [0.15, 0.2) is 0 Å². The van der Waals surface area contributed by atoms with E-state index in [1.807, 2.05) is 41.3 Å². The van der Waals surface area contributed by atoms with Gasteiger partial charge in [0.2, 0.25) is 5.91 Å². The number of carbonyl (C=O) groups is 1. The summed E-state index contributed by atoms with van der Waals surface area (Å²) < 4.78 is 11.9. The summed E-state index contributed by atoms with van der Waals surface area (Å²) in [7, 11) is 1.76. The van der Waals surface area contributed by atoms with Gasteiger partial charge in [-0.05, 0) is 43.5 Å². The molecule has 152 valence electrons. The van der Waals surface area contributed by atoms with Crippen LogP contribution in [0.3, 0.4) is 0 Å². The molecule has 2 aromatic rings. The first-order valence-electron chi connectivity index (χ1n) is 10.3. The second-order valence-corrected chi connectivity index (χ2v) is 9.08. The molecule has 0 saturated carbocycles. The summed E-state index contributed by atoms with van der Waals surface area (Å²) in [4.78, 5) is 19.8. The first-order chi connectivity index (χ1) is 14.2. The first kappa shape index (κ1) is 19.1. The molecule has 2 fully saturated rings. The molecular weight excluding hydrogens is 384 g/mol. The van der Waals surface area contributed by atoms with E-state index in [1.54, 1.807) is 18.9 Å². The Labute approximate surface area is 176 Å². The van der Waals surface area contributed by atoms with Gasteiger partial charge in [-0.15, -0.1) is 0 Å². The minimum Gasteiger partial charge on any atom is -0.377 e. The number of piperidine rings is 1. The van der Waals surface area contributed by atoms with Crippen molar-refractivity contribution in [3.63, 3.8) is 0 Å². The lowest BCUT2D eigenvalue weighted by atomic mass is 9.86. The molecule has 3 aliphatic heterocycles. The van der Waals surface area contributed by atoms with Crippen LogP contribution in [0.2, 0.25) is 0 Å². The molecule has 1 amide bonds. The number of methoxy groups -OCH3 is 1. The second kappa shape index (κ2) is 7.76. The Morgan fingerprint density at radius 3 is 2.45 bits per heavy atom. The molecule has 2 aromatic carbocycles. The number of para-hydroxylation sites is 2. The Balaban J connectivity index is 1.38. The summed E-state index contributed by atoms with van der Waals surface area (Å²) in [6.07, 6.45) is 3.08. The minimum absolute atomic E-state index is 0.0167. The van der Waals surface area contributed by atoms with Crippen LogP contribution in [0.4, 0.5) is 11.4 Å². The van der Waals surface area contributed by atoms with E-state index in [0.29, 0.717) is 6.54 Å². The summed E-state index contributed by atoms with van der Waals surface area (Å²) in [5.41, 5.74) is 1.78. The van der Waals surface area contributed by atoms with Crippen molar-refractivity contribution in [2.45, 2.75) is 40.8 Å². The number of carbonyl (C=O) groups excluding carboxylic acids is 1. The number of benzene rings is 2. The number of likely N-dealkylation sites (tertiary alicyclic amines) is 1. The van der Waals surface area contributed by atoms with E-state index in [1.165, 1.54) is 0 Å². The van der Waals surface area contributed by atoms with Crippen LogP contribution in [0.15, 0.2) is 58.3 Å². The molecule has 0 radical (unpaired) electrons. The predicted octanol–water partition coefficient (Wildman–Crippen LogP) is 4.09. The molecule has 6 heteroatoms. The van der Waals surface area contributed by atoms with Crippen molar-refractivity contribution in [2.75, 3.05) is 38.3 Å². The molecule has 2 atom stereocenters. The number of nitrogens with zero attached hydrogens (tertiary/aromatic N) is 2. The average Bonchev–Trinajstić information content (AvgIpc) is 3.22. The normalized spacial score (nSPS) is 26.4. The summed E-state index contributed by atoms with van der Waals surface area (Å²) >= 11 is 1.72. The third kappa shape index (κ3) is 3.38. The Hall–Kier alpha value is -1.86. The molecule has 3 aliphatic rings. The average molecular weight is 411 g/mol. The molecule has 0 aromatic heterocycles. The number of hydrogen-bond donors (Lipinski definition) is 0. The standard InChI is InChI=1S/C23H26N2O3S/c1-27-21-15-24(13-12-23(21)11-6-14-28-23)16-22(26)25-17-7-2-4-9-19(17)29-20-10-5-3-8-18(20)25/h2-5,7-10,21H,6,11-16H2,1H3/t21-,23-/m1/s1. The van der Waals surface area contributed by atoms with Crippen LogP contribution in [0.25, 0.3) is 0 Å². The SMILES string of the molecule is CO[C@@H]1CN(CC(=O)N2c3ccccc3Sc3ccccc32)CC[C@]12CCCO2. The zero-order valence-corrected chi connectivity index (χ0v) is 17.5. The van der Waals surface area contributed by atoms with Gasteiger partial charge < -0.3 is 9.47 Å². The van der Waals surface area contributed by atoms with Gasteiger partial charge in [0.25, 0.3) is 0 Å². The monoisotopic (exact) mass is 410 g/mol. The van der Waals surface area contributed by atoms with E-state index < -0.39 is 0 Å². The van der Waals surface area contributed by atoms with Crippen molar-refractivity contribution >= 4 is 29.0 Å². The molecule has 0 bridgehead atoms. The Kier molecular flexibility index (Phi) is 5.12. The van der Waals surface area contributed by atoms with Gasteiger partial charge in [0, 0.05) is 36.6 Å². The number of anilines is 2. The molecule has 1 spiro atoms.